The predicted molar refractivity (Wildman–Crippen MR) is 75.1 cm³/mol. The van der Waals surface area contributed by atoms with E-state index in [0.717, 1.165) is 24.0 Å². The third kappa shape index (κ3) is 3.90. The fourth-order valence-electron chi connectivity index (χ4n) is 2.60. The van der Waals surface area contributed by atoms with Gasteiger partial charge >= 0.3 is 0 Å². The molecule has 1 aliphatic carbocycles. The van der Waals surface area contributed by atoms with Crippen LogP contribution in [0, 0.1) is 5.92 Å². The van der Waals surface area contributed by atoms with Gasteiger partial charge in [-0.25, -0.2) is 4.98 Å². The zero-order chi connectivity index (χ0) is 12.6. The molecule has 1 saturated carbocycles. The number of rotatable bonds is 5. The van der Waals surface area contributed by atoms with Crippen LogP contribution in [0.5, 0.6) is 5.88 Å². The van der Waals surface area contributed by atoms with Crippen molar-refractivity contribution in [2.75, 3.05) is 18.5 Å². The van der Waals surface area contributed by atoms with Crippen molar-refractivity contribution in [2.45, 2.75) is 45.4 Å². The zero-order valence-corrected chi connectivity index (χ0v) is 11.3. The second-order valence-corrected chi connectivity index (χ2v) is 5.03. The number of hydrogen-bond acceptors (Lipinski definition) is 3. The summed E-state index contributed by atoms with van der Waals surface area (Å²) in [7, 11) is 0. The number of anilines is 1. The minimum absolute atomic E-state index is 0.662. The maximum atomic E-state index is 5.53. The minimum atomic E-state index is 0.662. The van der Waals surface area contributed by atoms with E-state index in [-0.39, 0.29) is 0 Å². The van der Waals surface area contributed by atoms with Crippen LogP contribution in [0.3, 0.4) is 0 Å². The van der Waals surface area contributed by atoms with Gasteiger partial charge in [-0.1, -0.05) is 25.7 Å². The van der Waals surface area contributed by atoms with Crippen LogP contribution in [0.15, 0.2) is 18.3 Å². The third-order valence-corrected chi connectivity index (χ3v) is 3.61. The Hall–Kier alpha value is -1.25. The molecule has 0 amide bonds. The first-order valence-electron chi connectivity index (χ1n) is 7.22. The van der Waals surface area contributed by atoms with E-state index in [1.54, 1.807) is 6.20 Å². The summed E-state index contributed by atoms with van der Waals surface area (Å²) in [6.07, 6.45) is 10.1. The van der Waals surface area contributed by atoms with Crippen LogP contribution in [0.25, 0.3) is 0 Å². The molecule has 1 N–H and O–H groups in total. The first kappa shape index (κ1) is 13.2. The molecule has 3 nitrogen and oxygen atoms in total. The molecule has 0 aliphatic heterocycles. The normalized spacial score (nSPS) is 17.2. The number of hydrogen-bond donors (Lipinski definition) is 1. The van der Waals surface area contributed by atoms with E-state index in [9.17, 15) is 0 Å². The van der Waals surface area contributed by atoms with Crippen LogP contribution < -0.4 is 10.1 Å². The summed E-state index contributed by atoms with van der Waals surface area (Å²) in [6, 6.07) is 4.01. The molecule has 2 rings (SSSR count). The van der Waals surface area contributed by atoms with Crippen molar-refractivity contribution in [1.82, 2.24) is 4.98 Å². The average molecular weight is 248 g/mol. The molecular weight excluding hydrogens is 224 g/mol. The molecule has 0 unspecified atom stereocenters. The average Bonchev–Trinajstić information content (AvgIpc) is 2.67. The molecule has 0 spiro atoms. The van der Waals surface area contributed by atoms with Crippen molar-refractivity contribution in [2.24, 2.45) is 5.92 Å². The maximum Gasteiger partial charge on any atom is 0.237 e. The summed E-state index contributed by atoms with van der Waals surface area (Å²) in [6.45, 7) is 3.70. The first-order valence-corrected chi connectivity index (χ1v) is 7.22. The Morgan fingerprint density at radius 3 is 2.78 bits per heavy atom. The fraction of sp³-hybridized carbons (Fsp3) is 0.667. The Balaban J connectivity index is 1.88. The molecule has 1 aromatic heterocycles. The Bertz CT molecular complexity index is 346. The van der Waals surface area contributed by atoms with Gasteiger partial charge in [0.2, 0.25) is 5.88 Å². The standard InChI is InChI=1S/C15H24N2O/c1-2-18-15-14(10-7-11-16-15)17-12-13-8-5-3-4-6-9-13/h7,10-11,13,17H,2-6,8-9,12H2,1H3. The van der Waals surface area contributed by atoms with Gasteiger partial charge < -0.3 is 10.1 Å². The highest BCUT2D eigenvalue weighted by Crippen LogP contribution is 2.25. The Morgan fingerprint density at radius 2 is 2.06 bits per heavy atom. The number of nitrogens with one attached hydrogen (secondary N) is 1. The van der Waals surface area contributed by atoms with Crippen molar-refractivity contribution in [1.29, 1.82) is 0 Å². The Morgan fingerprint density at radius 1 is 1.28 bits per heavy atom. The summed E-state index contributed by atoms with van der Waals surface area (Å²) >= 11 is 0. The topological polar surface area (TPSA) is 34.1 Å². The van der Waals surface area contributed by atoms with Crippen LogP contribution in [0.2, 0.25) is 0 Å². The van der Waals surface area contributed by atoms with Gasteiger partial charge in [0.15, 0.2) is 0 Å². The van der Waals surface area contributed by atoms with E-state index in [1.807, 2.05) is 13.0 Å². The SMILES string of the molecule is CCOc1ncccc1NCC1CCCCCC1. The largest absolute Gasteiger partial charge is 0.476 e. The molecule has 18 heavy (non-hydrogen) atoms. The highest BCUT2D eigenvalue weighted by molar-refractivity contribution is 5.51. The molecule has 0 bridgehead atoms. The maximum absolute atomic E-state index is 5.53. The Labute approximate surface area is 110 Å². The molecule has 1 aromatic rings. The summed E-state index contributed by atoms with van der Waals surface area (Å²) in [5, 5.41) is 3.51. The lowest BCUT2D eigenvalue weighted by molar-refractivity contribution is 0.328. The number of ether oxygens (including phenoxy) is 1. The van der Waals surface area contributed by atoms with Crippen LogP contribution in [-0.4, -0.2) is 18.1 Å². The number of pyridine rings is 1. The lowest BCUT2D eigenvalue weighted by Gasteiger charge is -2.17. The summed E-state index contributed by atoms with van der Waals surface area (Å²) in [4.78, 5) is 4.27. The van der Waals surface area contributed by atoms with E-state index in [2.05, 4.69) is 16.4 Å². The highest BCUT2D eigenvalue weighted by Gasteiger charge is 2.13. The summed E-state index contributed by atoms with van der Waals surface area (Å²) < 4.78 is 5.53. The molecule has 1 fully saturated rings. The lowest BCUT2D eigenvalue weighted by Crippen LogP contribution is -2.14. The quantitative estimate of drug-likeness (QED) is 0.803. The Kier molecular flexibility index (Phi) is 5.31. The summed E-state index contributed by atoms with van der Waals surface area (Å²) in [5.74, 6) is 1.54. The predicted octanol–water partition coefficient (Wildman–Crippen LogP) is 3.86. The molecule has 1 aliphatic rings. The second kappa shape index (κ2) is 7.24. The smallest absolute Gasteiger partial charge is 0.237 e. The van der Waals surface area contributed by atoms with Gasteiger partial charge in [0.25, 0.3) is 0 Å². The van der Waals surface area contributed by atoms with Crippen molar-refractivity contribution in [3.05, 3.63) is 18.3 Å². The van der Waals surface area contributed by atoms with Crippen LogP contribution >= 0.6 is 0 Å². The van der Waals surface area contributed by atoms with Crippen molar-refractivity contribution < 1.29 is 4.74 Å². The van der Waals surface area contributed by atoms with E-state index in [4.69, 9.17) is 4.74 Å². The van der Waals surface area contributed by atoms with Crippen molar-refractivity contribution in [3.63, 3.8) is 0 Å². The van der Waals surface area contributed by atoms with Gasteiger partial charge in [-0.3, -0.25) is 0 Å². The molecule has 0 aromatic carbocycles. The van der Waals surface area contributed by atoms with Crippen molar-refractivity contribution in [3.8, 4) is 5.88 Å². The minimum Gasteiger partial charge on any atom is -0.476 e. The van der Waals surface area contributed by atoms with Crippen molar-refractivity contribution >= 4 is 5.69 Å². The van der Waals surface area contributed by atoms with E-state index in [1.165, 1.54) is 38.5 Å². The molecule has 0 atom stereocenters. The molecule has 0 radical (unpaired) electrons. The number of nitrogens with zero attached hydrogens (tertiary/aromatic N) is 1. The van der Waals surface area contributed by atoms with E-state index < -0.39 is 0 Å². The van der Waals surface area contributed by atoms with Gasteiger partial charge in [0, 0.05) is 12.7 Å². The second-order valence-electron chi connectivity index (χ2n) is 5.03. The van der Waals surface area contributed by atoms with E-state index >= 15 is 0 Å². The molecular formula is C15H24N2O. The third-order valence-electron chi connectivity index (χ3n) is 3.61. The first-order chi connectivity index (χ1) is 8.90. The van der Waals surface area contributed by atoms with Crippen LogP contribution in [-0.2, 0) is 0 Å². The van der Waals surface area contributed by atoms with E-state index in [0.29, 0.717) is 6.61 Å². The van der Waals surface area contributed by atoms with Gasteiger partial charge in [-0.15, -0.1) is 0 Å². The fourth-order valence-corrected chi connectivity index (χ4v) is 2.60. The van der Waals surface area contributed by atoms with Gasteiger partial charge in [-0.2, -0.15) is 0 Å². The number of aromatic nitrogens is 1. The molecule has 100 valence electrons. The molecule has 0 saturated heterocycles. The van der Waals surface area contributed by atoms with Gasteiger partial charge in [0.05, 0.1) is 12.3 Å². The molecule has 3 heteroatoms. The van der Waals surface area contributed by atoms with Gasteiger partial charge in [-0.05, 0) is 37.8 Å². The monoisotopic (exact) mass is 248 g/mol. The van der Waals surface area contributed by atoms with Gasteiger partial charge in [0.1, 0.15) is 0 Å². The lowest BCUT2D eigenvalue weighted by atomic mass is 10.0. The summed E-state index contributed by atoms with van der Waals surface area (Å²) in [5.41, 5.74) is 1.03. The van der Waals surface area contributed by atoms with Crippen LogP contribution in [0.4, 0.5) is 5.69 Å². The molecule has 1 heterocycles. The van der Waals surface area contributed by atoms with Crippen LogP contribution in [0.1, 0.15) is 45.4 Å². The zero-order valence-electron chi connectivity index (χ0n) is 11.3. The highest BCUT2D eigenvalue weighted by atomic mass is 16.5.